The minimum absolute atomic E-state index is 0.0658. The number of carbonyl (C=O) groups is 1. The van der Waals surface area contributed by atoms with Crippen LogP contribution in [-0.4, -0.2) is 17.4 Å². The second kappa shape index (κ2) is 4.74. The molecule has 0 saturated carbocycles. The van der Waals surface area contributed by atoms with Gasteiger partial charge in [-0.1, -0.05) is 41.5 Å². The van der Waals surface area contributed by atoms with E-state index >= 15 is 0 Å². The monoisotopic (exact) mass is 272 g/mol. The van der Waals surface area contributed by atoms with Crippen LogP contribution in [0, 0.1) is 10.8 Å². The van der Waals surface area contributed by atoms with Crippen LogP contribution >= 0.6 is 0 Å². The molecule has 0 aromatic heterocycles. The van der Waals surface area contributed by atoms with Gasteiger partial charge in [0.15, 0.2) is 0 Å². The highest BCUT2D eigenvalue weighted by atomic mass is 17.4. The predicted molar refractivity (Wildman–Crippen MR) is 73.2 cm³/mol. The standard InChI is InChI=1S/C15H28O4/c1-12(2,3)9-14(7,8)17-11(16)15(18-19-15)10-13(4,5)6/h9-10H2,1-8H3. The van der Waals surface area contributed by atoms with Crippen molar-refractivity contribution in [2.45, 2.75) is 79.6 Å². The fourth-order valence-electron chi connectivity index (χ4n) is 2.59. The van der Waals surface area contributed by atoms with Crippen molar-refractivity contribution < 1.29 is 19.3 Å². The third-order valence-corrected chi connectivity index (χ3v) is 2.68. The van der Waals surface area contributed by atoms with Crippen molar-refractivity contribution in [1.82, 2.24) is 0 Å². The van der Waals surface area contributed by atoms with Crippen LogP contribution in [0.2, 0.25) is 0 Å². The van der Waals surface area contributed by atoms with Gasteiger partial charge in [-0.15, -0.1) is 0 Å². The maximum Gasteiger partial charge on any atom is 0.373 e. The van der Waals surface area contributed by atoms with Crippen molar-refractivity contribution in [3.05, 3.63) is 0 Å². The highest BCUT2D eigenvalue weighted by molar-refractivity contribution is 5.79. The summed E-state index contributed by atoms with van der Waals surface area (Å²) in [6.45, 7) is 16.3. The first-order valence-corrected chi connectivity index (χ1v) is 6.85. The average molecular weight is 272 g/mol. The van der Waals surface area contributed by atoms with E-state index in [-0.39, 0.29) is 10.8 Å². The minimum atomic E-state index is -1.19. The van der Waals surface area contributed by atoms with Crippen LogP contribution in [0.5, 0.6) is 0 Å². The summed E-state index contributed by atoms with van der Waals surface area (Å²) in [5.41, 5.74) is -0.508. The average Bonchev–Trinajstić information content (AvgIpc) is 2.75. The van der Waals surface area contributed by atoms with E-state index in [4.69, 9.17) is 14.5 Å². The minimum Gasteiger partial charge on any atom is -0.456 e. The zero-order valence-electron chi connectivity index (χ0n) is 13.5. The van der Waals surface area contributed by atoms with E-state index in [0.717, 1.165) is 6.42 Å². The second-order valence-corrected chi connectivity index (χ2v) is 8.54. The maximum atomic E-state index is 12.2. The predicted octanol–water partition coefficient (Wildman–Crippen LogP) is 3.84. The molecule has 0 spiro atoms. The molecule has 0 radical (unpaired) electrons. The summed E-state index contributed by atoms with van der Waals surface area (Å²) >= 11 is 0. The molecular formula is C15H28O4. The summed E-state index contributed by atoms with van der Waals surface area (Å²) in [7, 11) is 0. The van der Waals surface area contributed by atoms with Gasteiger partial charge in [-0.05, 0) is 31.1 Å². The van der Waals surface area contributed by atoms with Crippen LogP contribution in [0.25, 0.3) is 0 Å². The van der Waals surface area contributed by atoms with Gasteiger partial charge in [-0.2, -0.15) is 9.78 Å². The molecule has 112 valence electrons. The lowest BCUT2D eigenvalue weighted by atomic mass is 9.83. The van der Waals surface area contributed by atoms with Gasteiger partial charge in [0.05, 0.1) is 0 Å². The Kier molecular flexibility index (Phi) is 4.10. The molecule has 1 rings (SSSR count). The summed E-state index contributed by atoms with van der Waals surface area (Å²) in [6.07, 6.45) is 1.27. The Morgan fingerprint density at radius 2 is 1.42 bits per heavy atom. The third kappa shape index (κ3) is 5.49. The summed E-state index contributed by atoms with van der Waals surface area (Å²) in [6, 6.07) is 0. The van der Waals surface area contributed by atoms with Gasteiger partial charge in [0.2, 0.25) is 0 Å². The summed E-state index contributed by atoms with van der Waals surface area (Å²) < 4.78 is 5.60. The molecule has 0 atom stereocenters. The number of hydrogen-bond donors (Lipinski definition) is 0. The first-order valence-electron chi connectivity index (χ1n) is 6.85. The van der Waals surface area contributed by atoms with Crippen molar-refractivity contribution in [2.75, 3.05) is 0 Å². The van der Waals surface area contributed by atoms with E-state index in [9.17, 15) is 4.79 Å². The fourth-order valence-corrected chi connectivity index (χ4v) is 2.59. The molecule has 0 N–H and O–H groups in total. The van der Waals surface area contributed by atoms with Crippen LogP contribution in [0.1, 0.15) is 68.2 Å². The Bertz CT molecular complexity index is 340. The molecule has 4 heteroatoms. The van der Waals surface area contributed by atoms with Crippen molar-refractivity contribution in [3.63, 3.8) is 0 Å². The van der Waals surface area contributed by atoms with E-state index < -0.39 is 17.4 Å². The Morgan fingerprint density at radius 1 is 0.947 bits per heavy atom. The molecule has 1 aliphatic rings. The van der Waals surface area contributed by atoms with Crippen molar-refractivity contribution in [1.29, 1.82) is 0 Å². The van der Waals surface area contributed by atoms with Gasteiger partial charge in [0.1, 0.15) is 5.60 Å². The van der Waals surface area contributed by atoms with E-state index in [0.29, 0.717) is 6.42 Å². The van der Waals surface area contributed by atoms with Crippen molar-refractivity contribution in [2.24, 2.45) is 10.8 Å². The van der Waals surface area contributed by atoms with E-state index in [1.165, 1.54) is 0 Å². The third-order valence-electron chi connectivity index (χ3n) is 2.68. The Hall–Kier alpha value is -0.610. The number of esters is 1. The summed E-state index contributed by atoms with van der Waals surface area (Å²) in [4.78, 5) is 22.1. The van der Waals surface area contributed by atoms with Gasteiger partial charge in [0.25, 0.3) is 0 Å². The molecule has 19 heavy (non-hydrogen) atoms. The summed E-state index contributed by atoms with van der Waals surface area (Å²) in [5, 5.41) is 0. The first kappa shape index (κ1) is 16.4. The Morgan fingerprint density at radius 3 is 1.74 bits per heavy atom. The number of rotatable bonds is 4. The summed E-state index contributed by atoms with van der Waals surface area (Å²) in [5.74, 6) is -1.61. The normalized spacial score (nSPS) is 19.2. The van der Waals surface area contributed by atoms with E-state index in [1.54, 1.807) is 0 Å². The van der Waals surface area contributed by atoms with Crippen molar-refractivity contribution >= 4 is 5.97 Å². The molecule has 0 bridgehead atoms. The topological polar surface area (TPSA) is 51.4 Å². The quantitative estimate of drug-likeness (QED) is 0.443. The lowest BCUT2D eigenvalue weighted by Crippen LogP contribution is -2.39. The van der Waals surface area contributed by atoms with Gasteiger partial charge < -0.3 is 4.74 Å². The second-order valence-electron chi connectivity index (χ2n) is 8.54. The molecule has 1 aliphatic heterocycles. The zero-order valence-corrected chi connectivity index (χ0v) is 13.5. The zero-order chi connectivity index (χ0) is 15.1. The molecular weight excluding hydrogens is 244 g/mol. The lowest BCUT2D eigenvalue weighted by Gasteiger charge is -2.32. The number of carbonyl (C=O) groups excluding carboxylic acids is 1. The van der Waals surface area contributed by atoms with Crippen LogP contribution < -0.4 is 0 Å². The smallest absolute Gasteiger partial charge is 0.373 e. The van der Waals surface area contributed by atoms with E-state index in [2.05, 4.69) is 20.8 Å². The number of ether oxygens (including phenoxy) is 1. The molecule has 0 amide bonds. The molecule has 0 aromatic carbocycles. The molecule has 0 aromatic rings. The van der Waals surface area contributed by atoms with Crippen LogP contribution in [0.3, 0.4) is 0 Å². The SMILES string of the molecule is CC(C)(C)CC(C)(C)OC(=O)C1(CC(C)(C)C)OO1. The largest absolute Gasteiger partial charge is 0.456 e. The van der Waals surface area contributed by atoms with Gasteiger partial charge in [-0.3, -0.25) is 0 Å². The lowest BCUT2D eigenvalue weighted by molar-refractivity contribution is -0.168. The van der Waals surface area contributed by atoms with Crippen molar-refractivity contribution in [3.8, 4) is 0 Å². The van der Waals surface area contributed by atoms with E-state index in [1.807, 2.05) is 34.6 Å². The molecule has 0 unspecified atom stereocenters. The van der Waals surface area contributed by atoms with Crippen LogP contribution in [-0.2, 0) is 19.3 Å². The van der Waals surface area contributed by atoms with Gasteiger partial charge in [-0.25, -0.2) is 4.79 Å². The highest BCUT2D eigenvalue weighted by Crippen LogP contribution is 2.43. The van der Waals surface area contributed by atoms with Gasteiger partial charge in [0, 0.05) is 6.42 Å². The Labute approximate surface area is 116 Å². The fraction of sp³-hybridized carbons (Fsp3) is 0.933. The molecule has 4 nitrogen and oxygen atoms in total. The maximum absolute atomic E-state index is 12.2. The molecule has 1 saturated heterocycles. The molecule has 1 fully saturated rings. The van der Waals surface area contributed by atoms with Gasteiger partial charge >= 0.3 is 11.8 Å². The first-order chi connectivity index (χ1) is 8.25. The van der Waals surface area contributed by atoms with Crippen LogP contribution in [0.4, 0.5) is 0 Å². The van der Waals surface area contributed by atoms with Crippen LogP contribution in [0.15, 0.2) is 0 Å². The highest BCUT2D eigenvalue weighted by Gasteiger charge is 2.61. The molecule has 1 heterocycles. The molecule has 0 aliphatic carbocycles. The Balaban J connectivity index is 2.65. The number of hydrogen-bond acceptors (Lipinski definition) is 4.